The maximum Gasteiger partial charge on any atom is 0.248 e. The Morgan fingerprint density at radius 2 is 2.08 bits per heavy atom. The molecule has 0 aliphatic heterocycles. The highest BCUT2D eigenvalue weighted by atomic mass is 32.2. The van der Waals surface area contributed by atoms with E-state index in [0.29, 0.717) is 0 Å². The molecule has 7 nitrogen and oxygen atoms in total. The molecular weight excluding hydrogens is 354 g/mol. The third-order valence-corrected chi connectivity index (χ3v) is 6.76. The third kappa shape index (κ3) is 3.52. The Balaban J connectivity index is 1.71. The molecule has 140 valence electrons. The number of nitrogens with zero attached hydrogens (tertiary/aromatic N) is 2. The van der Waals surface area contributed by atoms with Crippen LogP contribution in [-0.2, 0) is 21.2 Å². The SMILES string of the molecule is Cc1noc(C)c1S(=O)(=O)N(C)CC(=O)NC1CCCc2ccccc21. The number of rotatable bonds is 5. The molecule has 1 unspecified atom stereocenters. The monoisotopic (exact) mass is 377 g/mol. The Kier molecular flexibility index (Phi) is 5.15. The number of aryl methyl sites for hydroxylation is 3. The summed E-state index contributed by atoms with van der Waals surface area (Å²) in [4.78, 5) is 12.5. The molecule has 26 heavy (non-hydrogen) atoms. The second-order valence-corrected chi connectivity index (χ2v) is 8.61. The summed E-state index contributed by atoms with van der Waals surface area (Å²) in [5, 5.41) is 6.65. The number of carbonyl (C=O) groups excluding carboxylic acids is 1. The molecule has 0 radical (unpaired) electrons. The van der Waals surface area contributed by atoms with Gasteiger partial charge in [0, 0.05) is 7.05 Å². The summed E-state index contributed by atoms with van der Waals surface area (Å²) in [6, 6.07) is 7.96. The molecule has 0 spiro atoms. The fourth-order valence-electron chi connectivity index (χ4n) is 3.43. The second kappa shape index (κ2) is 7.20. The van der Waals surface area contributed by atoms with Crippen molar-refractivity contribution in [1.29, 1.82) is 0 Å². The minimum Gasteiger partial charge on any atom is -0.360 e. The minimum absolute atomic E-state index is 0.0239. The first-order valence-corrected chi connectivity index (χ1v) is 10.0. The maximum absolute atomic E-state index is 12.7. The standard InChI is InChI=1S/C18H23N3O4S/c1-12-18(13(2)25-20-12)26(23,24)21(3)11-17(22)19-16-10-6-8-14-7-4-5-9-15(14)16/h4-5,7,9,16H,6,8,10-11H2,1-3H3,(H,19,22). The van der Waals surface area contributed by atoms with Gasteiger partial charge in [-0.05, 0) is 44.2 Å². The molecule has 0 bridgehead atoms. The molecule has 1 aliphatic rings. The van der Waals surface area contributed by atoms with Gasteiger partial charge in [0.25, 0.3) is 0 Å². The van der Waals surface area contributed by atoms with Gasteiger partial charge in [-0.1, -0.05) is 29.4 Å². The molecule has 0 saturated carbocycles. The zero-order valence-electron chi connectivity index (χ0n) is 15.2. The van der Waals surface area contributed by atoms with Crippen LogP contribution >= 0.6 is 0 Å². The van der Waals surface area contributed by atoms with Gasteiger partial charge in [0.1, 0.15) is 10.6 Å². The van der Waals surface area contributed by atoms with Gasteiger partial charge in [-0.2, -0.15) is 4.31 Å². The highest BCUT2D eigenvalue weighted by Gasteiger charge is 2.30. The predicted molar refractivity (Wildman–Crippen MR) is 96.1 cm³/mol. The molecule has 2 aromatic rings. The number of hydrogen-bond donors (Lipinski definition) is 1. The number of nitrogens with one attached hydrogen (secondary N) is 1. The van der Waals surface area contributed by atoms with E-state index < -0.39 is 10.0 Å². The van der Waals surface area contributed by atoms with Gasteiger partial charge in [-0.3, -0.25) is 4.79 Å². The lowest BCUT2D eigenvalue weighted by atomic mass is 9.88. The lowest BCUT2D eigenvalue weighted by Gasteiger charge is -2.27. The summed E-state index contributed by atoms with van der Waals surface area (Å²) in [6.07, 6.45) is 2.85. The van der Waals surface area contributed by atoms with Crippen molar-refractivity contribution in [3.05, 3.63) is 46.8 Å². The molecule has 0 fully saturated rings. The third-order valence-electron chi connectivity index (χ3n) is 4.71. The molecule has 1 heterocycles. The van der Waals surface area contributed by atoms with E-state index >= 15 is 0 Å². The first kappa shape index (κ1) is 18.6. The van der Waals surface area contributed by atoms with Crippen LogP contribution < -0.4 is 5.32 Å². The van der Waals surface area contributed by atoms with Crippen molar-refractivity contribution in [2.24, 2.45) is 0 Å². The van der Waals surface area contributed by atoms with Crippen molar-refractivity contribution >= 4 is 15.9 Å². The number of benzene rings is 1. The van der Waals surface area contributed by atoms with Crippen LogP contribution in [0.5, 0.6) is 0 Å². The van der Waals surface area contributed by atoms with Crippen LogP contribution in [-0.4, -0.2) is 37.4 Å². The predicted octanol–water partition coefficient (Wildman–Crippen LogP) is 2.11. The number of fused-ring (bicyclic) bond motifs is 1. The van der Waals surface area contributed by atoms with E-state index in [2.05, 4.69) is 16.5 Å². The van der Waals surface area contributed by atoms with Crippen molar-refractivity contribution in [1.82, 2.24) is 14.8 Å². The number of carbonyl (C=O) groups is 1. The molecule has 3 rings (SSSR count). The lowest BCUT2D eigenvalue weighted by Crippen LogP contribution is -2.40. The van der Waals surface area contributed by atoms with E-state index in [0.717, 1.165) is 29.1 Å². The average Bonchev–Trinajstić information content (AvgIpc) is 2.94. The van der Waals surface area contributed by atoms with Crippen LogP contribution in [0.25, 0.3) is 0 Å². The van der Waals surface area contributed by atoms with Crippen LogP contribution in [0.2, 0.25) is 0 Å². The van der Waals surface area contributed by atoms with E-state index in [1.54, 1.807) is 13.8 Å². The molecule has 1 atom stereocenters. The zero-order chi connectivity index (χ0) is 18.9. The fraction of sp³-hybridized carbons (Fsp3) is 0.444. The molecular formula is C18H23N3O4S. The molecule has 1 amide bonds. The molecule has 1 aromatic carbocycles. The van der Waals surface area contributed by atoms with Crippen LogP contribution in [0.4, 0.5) is 0 Å². The Morgan fingerprint density at radius 1 is 1.35 bits per heavy atom. The fourth-order valence-corrected chi connectivity index (χ4v) is 4.84. The highest BCUT2D eigenvalue weighted by Crippen LogP contribution is 2.29. The first-order valence-electron chi connectivity index (χ1n) is 8.57. The summed E-state index contributed by atoms with van der Waals surface area (Å²) in [7, 11) is -2.45. The van der Waals surface area contributed by atoms with Crippen molar-refractivity contribution < 1.29 is 17.7 Å². The number of sulfonamides is 1. The molecule has 1 N–H and O–H groups in total. The summed E-state index contributed by atoms with van der Waals surface area (Å²) < 4.78 is 31.4. The zero-order valence-corrected chi connectivity index (χ0v) is 16.0. The van der Waals surface area contributed by atoms with Crippen LogP contribution in [0.1, 0.15) is 41.5 Å². The minimum atomic E-state index is -3.84. The van der Waals surface area contributed by atoms with Crippen molar-refractivity contribution in [3.63, 3.8) is 0 Å². The number of hydrogen-bond acceptors (Lipinski definition) is 5. The van der Waals surface area contributed by atoms with Gasteiger partial charge >= 0.3 is 0 Å². The van der Waals surface area contributed by atoms with Crippen LogP contribution in [0.3, 0.4) is 0 Å². The van der Waals surface area contributed by atoms with Gasteiger partial charge in [0.05, 0.1) is 12.6 Å². The quantitative estimate of drug-likeness (QED) is 0.861. The maximum atomic E-state index is 12.7. The van der Waals surface area contributed by atoms with Crippen LogP contribution in [0.15, 0.2) is 33.7 Å². The molecule has 1 aromatic heterocycles. The normalized spacial score (nSPS) is 17.2. The first-order chi connectivity index (χ1) is 12.3. The van der Waals surface area contributed by atoms with Crippen LogP contribution in [0, 0.1) is 13.8 Å². The van der Waals surface area contributed by atoms with Gasteiger partial charge in [0.15, 0.2) is 5.76 Å². The smallest absolute Gasteiger partial charge is 0.248 e. The average molecular weight is 377 g/mol. The summed E-state index contributed by atoms with van der Waals surface area (Å²) in [6.45, 7) is 2.85. The van der Waals surface area contributed by atoms with Gasteiger partial charge in [0.2, 0.25) is 15.9 Å². The van der Waals surface area contributed by atoms with Gasteiger partial charge in [-0.15, -0.1) is 0 Å². The summed E-state index contributed by atoms with van der Waals surface area (Å²) in [5.74, 6) is -0.111. The topological polar surface area (TPSA) is 92.5 Å². The number of aromatic nitrogens is 1. The van der Waals surface area contributed by atoms with E-state index in [1.807, 2.05) is 18.2 Å². The Bertz CT molecular complexity index is 901. The lowest BCUT2D eigenvalue weighted by molar-refractivity contribution is -0.122. The van der Waals surface area contributed by atoms with Gasteiger partial charge in [-0.25, -0.2) is 8.42 Å². The summed E-state index contributed by atoms with van der Waals surface area (Å²) in [5.41, 5.74) is 2.64. The van der Waals surface area contributed by atoms with Crippen molar-refractivity contribution in [2.45, 2.75) is 44.0 Å². The molecule has 0 saturated heterocycles. The van der Waals surface area contributed by atoms with E-state index in [9.17, 15) is 13.2 Å². The van der Waals surface area contributed by atoms with Gasteiger partial charge < -0.3 is 9.84 Å². The Hall–Kier alpha value is -2.19. The number of likely N-dealkylation sites (N-methyl/N-ethyl adjacent to an activating group) is 1. The van der Waals surface area contributed by atoms with E-state index in [4.69, 9.17) is 4.52 Å². The highest BCUT2D eigenvalue weighted by molar-refractivity contribution is 7.89. The molecule has 1 aliphatic carbocycles. The van der Waals surface area contributed by atoms with Crippen molar-refractivity contribution in [3.8, 4) is 0 Å². The number of amides is 1. The Labute approximate surface area is 153 Å². The largest absolute Gasteiger partial charge is 0.360 e. The Morgan fingerprint density at radius 3 is 2.77 bits per heavy atom. The molecule has 8 heteroatoms. The van der Waals surface area contributed by atoms with Crippen molar-refractivity contribution in [2.75, 3.05) is 13.6 Å². The van der Waals surface area contributed by atoms with E-state index in [1.165, 1.54) is 12.6 Å². The second-order valence-electron chi connectivity index (χ2n) is 6.63. The summed E-state index contributed by atoms with van der Waals surface area (Å²) >= 11 is 0. The van der Waals surface area contributed by atoms with E-state index in [-0.39, 0.29) is 34.8 Å².